The molecule has 94 valence electrons. The van der Waals surface area contributed by atoms with Crippen LogP contribution in [0.5, 0.6) is 0 Å². The number of likely N-dealkylation sites (tertiary alicyclic amines) is 1. The first kappa shape index (κ1) is 12.5. The van der Waals surface area contributed by atoms with Crippen molar-refractivity contribution in [3.8, 4) is 0 Å². The SMILES string of the molecule is CNS(=O)(=O)c1ccc(CN2CCCC2)cc1. The smallest absolute Gasteiger partial charge is 0.240 e. The Labute approximate surface area is 103 Å². The van der Waals surface area contributed by atoms with Crippen molar-refractivity contribution in [1.82, 2.24) is 9.62 Å². The topological polar surface area (TPSA) is 49.4 Å². The first-order valence-electron chi connectivity index (χ1n) is 5.87. The highest BCUT2D eigenvalue weighted by Gasteiger charge is 2.13. The lowest BCUT2D eigenvalue weighted by Crippen LogP contribution is -2.19. The molecule has 0 atom stereocenters. The van der Waals surface area contributed by atoms with E-state index < -0.39 is 10.0 Å². The van der Waals surface area contributed by atoms with E-state index in [1.807, 2.05) is 12.1 Å². The Balaban J connectivity index is 2.07. The minimum atomic E-state index is -3.31. The molecule has 0 aliphatic carbocycles. The van der Waals surface area contributed by atoms with E-state index in [1.54, 1.807) is 12.1 Å². The average molecular weight is 254 g/mol. The van der Waals surface area contributed by atoms with E-state index in [9.17, 15) is 8.42 Å². The second-order valence-electron chi connectivity index (χ2n) is 4.33. The maximum absolute atomic E-state index is 11.5. The van der Waals surface area contributed by atoms with Gasteiger partial charge in [-0.2, -0.15) is 0 Å². The third-order valence-electron chi connectivity index (χ3n) is 3.11. The molecule has 1 N–H and O–H groups in total. The van der Waals surface area contributed by atoms with E-state index in [4.69, 9.17) is 0 Å². The van der Waals surface area contributed by atoms with Crippen LogP contribution in [0, 0.1) is 0 Å². The quantitative estimate of drug-likeness (QED) is 0.878. The Kier molecular flexibility index (Phi) is 3.81. The molecule has 1 fully saturated rings. The maximum Gasteiger partial charge on any atom is 0.240 e. The van der Waals surface area contributed by atoms with Gasteiger partial charge in [0, 0.05) is 6.54 Å². The van der Waals surface area contributed by atoms with E-state index in [1.165, 1.54) is 25.5 Å². The number of hydrogen-bond acceptors (Lipinski definition) is 3. The lowest BCUT2D eigenvalue weighted by molar-refractivity contribution is 0.331. The van der Waals surface area contributed by atoms with Crippen LogP contribution < -0.4 is 4.72 Å². The largest absolute Gasteiger partial charge is 0.299 e. The average Bonchev–Trinajstić information content (AvgIpc) is 2.83. The van der Waals surface area contributed by atoms with Crippen LogP contribution in [0.3, 0.4) is 0 Å². The molecule has 4 nitrogen and oxygen atoms in total. The molecular formula is C12H18N2O2S. The fourth-order valence-corrected chi connectivity index (χ4v) is 2.82. The van der Waals surface area contributed by atoms with Crippen LogP contribution in [-0.2, 0) is 16.6 Å². The number of benzene rings is 1. The van der Waals surface area contributed by atoms with Gasteiger partial charge in [0.05, 0.1) is 4.90 Å². The predicted octanol–water partition coefficient (Wildman–Crippen LogP) is 1.19. The highest BCUT2D eigenvalue weighted by atomic mass is 32.2. The second kappa shape index (κ2) is 5.16. The van der Waals surface area contributed by atoms with E-state index in [0.29, 0.717) is 4.90 Å². The molecule has 1 saturated heterocycles. The molecule has 1 aromatic carbocycles. The summed E-state index contributed by atoms with van der Waals surface area (Å²) in [5.74, 6) is 0. The van der Waals surface area contributed by atoms with Gasteiger partial charge in [0.15, 0.2) is 0 Å². The third kappa shape index (κ3) is 3.06. The molecule has 2 rings (SSSR count). The van der Waals surface area contributed by atoms with Crippen LogP contribution in [0.1, 0.15) is 18.4 Å². The zero-order chi connectivity index (χ0) is 12.3. The van der Waals surface area contributed by atoms with Gasteiger partial charge in [-0.05, 0) is 50.7 Å². The van der Waals surface area contributed by atoms with Gasteiger partial charge >= 0.3 is 0 Å². The molecule has 0 spiro atoms. The lowest BCUT2D eigenvalue weighted by atomic mass is 10.2. The van der Waals surface area contributed by atoms with Crippen LogP contribution >= 0.6 is 0 Å². The van der Waals surface area contributed by atoms with Gasteiger partial charge in [-0.3, -0.25) is 4.90 Å². The Morgan fingerprint density at radius 3 is 2.29 bits per heavy atom. The minimum absolute atomic E-state index is 0.324. The minimum Gasteiger partial charge on any atom is -0.299 e. The molecule has 1 aliphatic heterocycles. The number of nitrogens with one attached hydrogen (secondary N) is 1. The van der Waals surface area contributed by atoms with E-state index in [2.05, 4.69) is 9.62 Å². The van der Waals surface area contributed by atoms with Crippen molar-refractivity contribution < 1.29 is 8.42 Å². The lowest BCUT2D eigenvalue weighted by Gasteiger charge is -2.14. The molecule has 1 heterocycles. The van der Waals surface area contributed by atoms with Crippen LogP contribution in [0.15, 0.2) is 29.2 Å². The predicted molar refractivity (Wildman–Crippen MR) is 67.2 cm³/mol. The monoisotopic (exact) mass is 254 g/mol. The van der Waals surface area contributed by atoms with Gasteiger partial charge in [0.25, 0.3) is 0 Å². The fourth-order valence-electron chi connectivity index (χ4n) is 2.09. The number of sulfonamides is 1. The summed E-state index contributed by atoms with van der Waals surface area (Å²) in [5, 5.41) is 0. The first-order chi connectivity index (χ1) is 8.12. The summed E-state index contributed by atoms with van der Waals surface area (Å²) >= 11 is 0. The molecule has 0 amide bonds. The Bertz CT molecular complexity index is 462. The fraction of sp³-hybridized carbons (Fsp3) is 0.500. The van der Waals surface area contributed by atoms with Crippen LogP contribution in [0.2, 0.25) is 0 Å². The number of hydrogen-bond donors (Lipinski definition) is 1. The van der Waals surface area contributed by atoms with Crippen molar-refractivity contribution in [3.05, 3.63) is 29.8 Å². The molecule has 1 aromatic rings. The number of nitrogens with zero attached hydrogens (tertiary/aromatic N) is 1. The van der Waals surface area contributed by atoms with Crippen molar-refractivity contribution in [2.45, 2.75) is 24.3 Å². The highest BCUT2D eigenvalue weighted by Crippen LogP contribution is 2.15. The van der Waals surface area contributed by atoms with E-state index in [-0.39, 0.29) is 0 Å². The molecule has 1 aliphatic rings. The Hall–Kier alpha value is -0.910. The summed E-state index contributed by atoms with van der Waals surface area (Å²) in [7, 11) is -1.88. The molecule has 0 bridgehead atoms. The molecule has 17 heavy (non-hydrogen) atoms. The van der Waals surface area contributed by atoms with Crippen LogP contribution in [0.4, 0.5) is 0 Å². The van der Waals surface area contributed by atoms with E-state index in [0.717, 1.165) is 19.6 Å². The first-order valence-corrected chi connectivity index (χ1v) is 7.35. The molecule has 0 saturated carbocycles. The van der Waals surface area contributed by atoms with Crippen molar-refractivity contribution in [2.75, 3.05) is 20.1 Å². The zero-order valence-electron chi connectivity index (χ0n) is 10.0. The molecule has 0 radical (unpaired) electrons. The van der Waals surface area contributed by atoms with Crippen molar-refractivity contribution >= 4 is 10.0 Å². The zero-order valence-corrected chi connectivity index (χ0v) is 10.8. The molecule has 0 unspecified atom stereocenters. The van der Waals surface area contributed by atoms with Gasteiger partial charge in [-0.15, -0.1) is 0 Å². The van der Waals surface area contributed by atoms with Crippen LogP contribution in [-0.4, -0.2) is 33.5 Å². The normalized spacial score (nSPS) is 17.5. The number of rotatable bonds is 4. The van der Waals surface area contributed by atoms with E-state index >= 15 is 0 Å². The highest BCUT2D eigenvalue weighted by molar-refractivity contribution is 7.89. The van der Waals surface area contributed by atoms with Crippen molar-refractivity contribution in [3.63, 3.8) is 0 Å². The summed E-state index contributed by atoms with van der Waals surface area (Å²) in [5.41, 5.74) is 1.17. The maximum atomic E-state index is 11.5. The van der Waals surface area contributed by atoms with Gasteiger partial charge in [-0.1, -0.05) is 12.1 Å². The van der Waals surface area contributed by atoms with Gasteiger partial charge in [0.2, 0.25) is 10.0 Å². The van der Waals surface area contributed by atoms with Crippen molar-refractivity contribution in [2.24, 2.45) is 0 Å². The standard InChI is InChI=1S/C12H18N2O2S/c1-13-17(15,16)12-6-4-11(5-7-12)10-14-8-2-3-9-14/h4-7,13H,2-3,8-10H2,1H3. The molecular weight excluding hydrogens is 236 g/mol. The van der Waals surface area contributed by atoms with Gasteiger partial charge < -0.3 is 0 Å². The van der Waals surface area contributed by atoms with Crippen molar-refractivity contribution in [1.29, 1.82) is 0 Å². The summed E-state index contributed by atoms with van der Waals surface area (Å²) in [6.07, 6.45) is 2.54. The Morgan fingerprint density at radius 2 is 1.76 bits per heavy atom. The second-order valence-corrected chi connectivity index (χ2v) is 6.22. The summed E-state index contributed by atoms with van der Waals surface area (Å²) in [6, 6.07) is 7.11. The Morgan fingerprint density at radius 1 is 1.18 bits per heavy atom. The summed E-state index contributed by atoms with van der Waals surface area (Å²) in [4.78, 5) is 2.71. The third-order valence-corrected chi connectivity index (χ3v) is 4.54. The van der Waals surface area contributed by atoms with Crippen LogP contribution in [0.25, 0.3) is 0 Å². The summed E-state index contributed by atoms with van der Waals surface area (Å²) < 4.78 is 25.4. The molecule has 0 aromatic heterocycles. The summed E-state index contributed by atoms with van der Waals surface area (Å²) in [6.45, 7) is 3.22. The molecule has 5 heteroatoms. The van der Waals surface area contributed by atoms with Gasteiger partial charge in [-0.25, -0.2) is 13.1 Å². The van der Waals surface area contributed by atoms with Gasteiger partial charge in [0.1, 0.15) is 0 Å².